The minimum absolute atomic E-state index is 0.142. The summed E-state index contributed by atoms with van der Waals surface area (Å²) in [5.41, 5.74) is 3.47. The number of thiocarbonyl (C=S) groups is 1. The second-order valence-electron chi connectivity index (χ2n) is 10.8. The number of benzene rings is 1. The Bertz CT molecular complexity index is 1360. The van der Waals surface area contributed by atoms with Crippen LogP contribution in [0.5, 0.6) is 0 Å². The van der Waals surface area contributed by atoms with Gasteiger partial charge in [-0.3, -0.25) is 19.1 Å². The highest BCUT2D eigenvalue weighted by atomic mass is 32.2. The maximum absolute atomic E-state index is 13.6. The zero-order valence-corrected chi connectivity index (χ0v) is 24.5. The van der Waals surface area contributed by atoms with Crippen LogP contribution >= 0.6 is 24.0 Å². The van der Waals surface area contributed by atoms with E-state index in [9.17, 15) is 14.9 Å². The van der Waals surface area contributed by atoms with Gasteiger partial charge in [0.1, 0.15) is 21.8 Å². The third-order valence-corrected chi connectivity index (χ3v) is 8.74. The summed E-state index contributed by atoms with van der Waals surface area (Å²) in [6.07, 6.45) is 4.77. The monoisotopic (exact) mass is 548 g/mol. The van der Waals surface area contributed by atoms with Crippen LogP contribution in [-0.4, -0.2) is 32.8 Å². The number of carbonyl (C=O) groups excluding carboxylic acids is 1. The topological polar surface area (TPSA) is 69.3 Å². The van der Waals surface area contributed by atoms with Crippen molar-refractivity contribution in [3.05, 3.63) is 67.3 Å². The van der Waals surface area contributed by atoms with E-state index in [0.717, 1.165) is 54.9 Å². The number of nitrogens with zero attached hydrogens (tertiary/aromatic N) is 4. The van der Waals surface area contributed by atoms with Gasteiger partial charge in [0, 0.05) is 25.2 Å². The lowest BCUT2D eigenvalue weighted by Gasteiger charge is -2.39. The number of carbonyl (C=O) groups is 1. The Morgan fingerprint density at radius 2 is 1.79 bits per heavy atom. The molecule has 2 aliphatic rings. The molecule has 2 saturated heterocycles. The van der Waals surface area contributed by atoms with Crippen molar-refractivity contribution >= 4 is 46.1 Å². The second kappa shape index (κ2) is 11.9. The first-order valence-corrected chi connectivity index (χ1v) is 14.6. The van der Waals surface area contributed by atoms with Gasteiger partial charge < -0.3 is 4.90 Å². The molecule has 200 valence electrons. The van der Waals surface area contributed by atoms with Crippen LogP contribution in [-0.2, 0) is 17.9 Å². The molecule has 2 atom stereocenters. The summed E-state index contributed by atoms with van der Waals surface area (Å²) < 4.78 is 2.29. The largest absolute Gasteiger partial charge is 0.357 e. The lowest BCUT2D eigenvalue weighted by Crippen LogP contribution is -2.43. The lowest BCUT2D eigenvalue weighted by atomic mass is 9.91. The summed E-state index contributed by atoms with van der Waals surface area (Å²) >= 11 is 6.90. The van der Waals surface area contributed by atoms with E-state index in [4.69, 9.17) is 12.2 Å². The summed E-state index contributed by atoms with van der Waals surface area (Å²) in [6.45, 7) is 13.0. The van der Waals surface area contributed by atoms with Crippen molar-refractivity contribution in [1.29, 1.82) is 5.26 Å². The number of nitriles is 1. The van der Waals surface area contributed by atoms with Crippen LogP contribution in [0, 0.1) is 37.0 Å². The van der Waals surface area contributed by atoms with Gasteiger partial charge >= 0.3 is 0 Å². The van der Waals surface area contributed by atoms with Gasteiger partial charge in [-0.1, -0.05) is 81.0 Å². The van der Waals surface area contributed by atoms with E-state index in [1.807, 2.05) is 44.2 Å². The maximum Gasteiger partial charge on any atom is 0.270 e. The molecule has 0 radical (unpaired) electrons. The van der Waals surface area contributed by atoms with E-state index in [1.165, 1.54) is 11.8 Å². The van der Waals surface area contributed by atoms with Crippen LogP contribution in [0.25, 0.3) is 6.08 Å². The first kappa shape index (κ1) is 28.1. The number of piperidine rings is 1. The Morgan fingerprint density at radius 3 is 2.39 bits per heavy atom. The molecule has 0 bridgehead atoms. The first-order valence-electron chi connectivity index (χ1n) is 13.4. The molecule has 6 nitrogen and oxygen atoms in total. The number of thioether (sulfide) groups is 1. The molecular weight excluding hydrogens is 512 g/mol. The van der Waals surface area contributed by atoms with Crippen molar-refractivity contribution in [2.75, 3.05) is 18.0 Å². The van der Waals surface area contributed by atoms with Crippen LogP contribution in [0.15, 0.2) is 34.0 Å². The standard InChI is InChI=1S/C30H36N4O2S2/c1-6-7-12-33-27(32-16-20(3)13-21(4)17-32)24(22(5)25(15-31)28(33)35)14-26-29(36)34(30(37)38-26)18-23-10-8-19(2)9-11-23/h8-11,14,20-21H,6-7,12-13,16-18H2,1-5H3/b26-14+. The van der Waals surface area contributed by atoms with Crippen molar-refractivity contribution in [3.63, 3.8) is 0 Å². The molecule has 8 heteroatoms. The first-order chi connectivity index (χ1) is 18.1. The van der Waals surface area contributed by atoms with Crippen molar-refractivity contribution in [2.45, 2.75) is 67.0 Å². The van der Waals surface area contributed by atoms with Crippen molar-refractivity contribution in [1.82, 2.24) is 9.47 Å². The fourth-order valence-corrected chi connectivity index (χ4v) is 6.72. The van der Waals surface area contributed by atoms with Gasteiger partial charge in [0.2, 0.25) is 0 Å². The molecule has 0 spiro atoms. The number of aromatic nitrogens is 1. The number of aryl methyl sites for hydroxylation is 1. The summed E-state index contributed by atoms with van der Waals surface area (Å²) in [4.78, 5) is 31.6. The van der Waals surface area contributed by atoms with E-state index in [2.05, 4.69) is 31.7 Å². The predicted molar refractivity (Wildman–Crippen MR) is 160 cm³/mol. The van der Waals surface area contributed by atoms with Gasteiger partial charge in [-0.05, 0) is 55.7 Å². The number of hydrogen-bond acceptors (Lipinski definition) is 6. The van der Waals surface area contributed by atoms with E-state index >= 15 is 0 Å². The molecule has 1 amide bonds. The summed E-state index contributed by atoms with van der Waals surface area (Å²) in [5, 5.41) is 9.94. The Hall–Kier alpha value is -2.89. The highest BCUT2D eigenvalue weighted by molar-refractivity contribution is 8.26. The third kappa shape index (κ3) is 5.74. The van der Waals surface area contributed by atoms with E-state index < -0.39 is 0 Å². The van der Waals surface area contributed by atoms with Gasteiger partial charge in [0.05, 0.1) is 11.4 Å². The molecule has 3 heterocycles. The lowest BCUT2D eigenvalue weighted by molar-refractivity contribution is -0.122. The average molecular weight is 549 g/mol. The minimum Gasteiger partial charge on any atom is -0.357 e. The SMILES string of the molecule is CCCCn1c(N2CC(C)CC(C)C2)c(/C=C2/SC(=S)N(Cc3ccc(C)cc3)C2=O)c(C)c(C#N)c1=O. The molecule has 0 N–H and O–H groups in total. The molecular formula is C30H36N4O2S2. The molecule has 0 aliphatic carbocycles. The predicted octanol–water partition coefficient (Wildman–Crippen LogP) is 6.02. The molecule has 2 fully saturated rings. The molecule has 2 unspecified atom stereocenters. The van der Waals surface area contributed by atoms with Gasteiger partial charge in [0.25, 0.3) is 11.5 Å². The molecule has 2 aromatic rings. The number of pyridine rings is 1. The molecule has 4 rings (SSSR count). The smallest absolute Gasteiger partial charge is 0.270 e. The fourth-order valence-electron chi connectivity index (χ4n) is 5.49. The third-order valence-electron chi connectivity index (χ3n) is 7.36. The highest BCUT2D eigenvalue weighted by Gasteiger charge is 2.34. The number of amides is 1. The molecule has 1 aromatic heterocycles. The van der Waals surface area contributed by atoms with Crippen LogP contribution in [0.4, 0.5) is 5.82 Å². The van der Waals surface area contributed by atoms with Crippen LogP contribution in [0.1, 0.15) is 67.9 Å². The van der Waals surface area contributed by atoms with Gasteiger partial charge in [0.15, 0.2) is 0 Å². The van der Waals surface area contributed by atoms with Gasteiger partial charge in [-0.15, -0.1) is 0 Å². The summed E-state index contributed by atoms with van der Waals surface area (Å²) in [5.74, 6) is 1.63. The fraction of sp³-hybridized carbons (Fsp3) is 0.467. The zero-order chi connectivity index (χ0) is 27.6. The van der Waals surface area contributed by atoms with Crippen LogP contribution in [0.3, 0.4) is 0 Å². The molecule has 38 heavy (non-hydrogen) atoms. The van der Waals surface area contributed by atoms with E-state index in [1.54, 1.807) is 9.47 Å². The summed E-state index contributed by atoms with van der Waals surface area (Å²) in [7, 11) is 0. The second-order valence-corrected chi connectivity index (χ2v) is 12.4. The number of hydrogen-bond donors (Lipinski definition) is 0. The van der Waals surface area contributed by atoms with E-state index in [-0.39, 0.29) is 17.0 Å². The number of anilines is 1. The molecule has 1 aromatic carbocycles. The highest BCUT2D eigenvalue weighted by Crippen LogP contribution is 2.38. The quantitative estimate of drug-likeness (QED) is 0.311. The van der Waals surface area contributed by atoms with Crippen LogP contribution < -0.4 is 10.5 Å². The maximum atomic E-state index is 13.6. The van der Waals surface area contributed by atoms with Gasteiger partial charge in [-0.2, -0.15) is 5.26 Å². The minimum atomic E-state index is -0.247. The normalized spacial score (nSPS) is 20.9. The molecule has 2 aliphatic heterocycles. The number of rotatable bonds is 7. The summed E-state index contributed by atoms with van der Waals surface area (Å²) in [6, 6.07) is 10.2. The van der Waals surface area contributed by atoms with Crippen molar-refractivity contribution in [2.24, 2.45) is 11.8 Å². The zero-order valence-electron chi connectivity index (χ0n) is 22.9. The number of unbranched alkanes of at least 4 members (excludes halogenated alkanes) is 1. The van der Waals surface area contributed by atoms with Crippen LogP contribution in [0.2, 0.25) is 0 Å². The van der Waals surface area contributed by atoms with E-state index in [0.29, 0.717) is 39.7 Å². The average Bonchev–Trinajstić information content (AvgIpc) is 3.13. The molecule has 0 saturated carbocycles. The van der Waals surface area contributed by atoms with Crippen molar-refractivity contribution < 1.29 is 4.79 Å². The Morgan fingerprint density at radius 1 is 1.13 bits per heavy atom. The Labute approximate surface area is 235 Å². The van der Waals surface area contributed by atoms with Crippen molar-refractivity contribution in [3.8, 4) is 6.07 Å². The van der Waals surface area contributed by atoms with Gasteiger partial charge in [-0.25, -0.2) is 0 Å². The Balaban J connectivity index is 1.83. The Kier molecular flexibility index (Phi) is 8.79.